The second-order valence-electron chi connectivity index (χ2n) is 5.30. The summed E-state index contributed by atoms with van der Waals surface area (Å²) in [7, 11) is 6.12. The highest BCUT2D eigenvalue weighted by Gasteiger charge is 2.20. The zero-order valence-electron chi connectivity index (χ0n) is 11.5. The van der Waals surface area contributed by atoms with Crippen LogP contribution in [0.15, 0.2) is 36.4 Å². The molecule has 0 spiro atoms. The Labute approximate surface area is 134 Å². The molecule has 2 aromatic rings. The van der Waals surface area contributed by atoms with Crippen LogP contribution in [0.2, 0.25) is 15.1 Å². The van der Waals surface area contributed by atoms with E-state index in [1.807, 2.05) is 33.3 Å². The average molecular weight is 332 g/mol. The van der Waals surface area contributed by atoms with E-state index in [-0.39, 0.29) is 0 Å². The third-order valence-electron chi connectivity index (χ3n) is 2.76. The fourth-order valence-electron chi connectivity index (χ4n) is 1.77. The molecule has 0 fully saturated rings. The first-order valence-corrected chi connectivity index (χ1v) is 7.15. The Kier molecular flexibility index (Phi) is 4.50. The van der Waals surface area contributed by atoms with E-state index in [9.17, 15) is 0 Å². The van der Waals surface area contributed by atoms with Crippen molar-refractivity contribution in [3.63, 3.8) is 0 Å². The molecular formula is C15H15Cl3NO+. The van der Waals surface area contributed by atoms with Gasteiger partial charge in [0.15, 0.2) is 11.4 Å². The quantitative estimate of drug-likeness (QED) is 0.662. The summed E-state index contributed by atoms with van der Waals surface area (Å²) in [5, 5.41) is 1.75. The van der Waals surface area contributed by atoms with Gasteiger partial charge in [-0.1, -0.05) is 34.8 Å². The smallest absolute Gasteiger partial charge is 0.188 e. The van der Waals surface area contributed by atoms with E-state index in [2.05, 4.69) is 0 Å². The van der Waals surface area contributed by atoms with Crippen molar-refractivity contribution in [1.82, 2.24) is 4.48 Å². The van der Waals surface area contributed by atoms with Gasteiger partial charge in [-0.2, -0.15) is 0 Å². The lowest BCUT2D eigenvalue weighted by molar-refractivity contribution is 0.433. The molecule has 0 N–H and O–H groups in total. The van der Waals surface area contributed by atoms with Gasteiger partial charge in [-0.05, 0) is 24.3 Å². The number of nitrogens with zero attached hydrogens (tertiary/aromatic N) is 1. The summed E-state index contributed by atoms with van der Waals surface area (Å²) in [6.45, 7) is 0. The molecule has 0 unspecified atom stereocenters. The monoisotopic (exact) mass is 330 g/mol. The van der Waals surface area contributed by atoms with Crippen LogP contribution in [0.1, 0.15) is 0 Å². The van der Waals surface area contributed by atoms with Crippen LogP contribution >= 0.6 is 34.8 Å². The average Bonchev–Trinajstić information content (AvgIpc) is 2.34. The van der Waals surface area contributed by atoms with E-state index in [0.29, 0.717) is 31.0 Å². The number of hydrogen-bond acceptors (Lipinski definition) is 1. The Morgan fingerprint density at radius 1 is 0.800 bits per heavy atom. The molecule has 2 aromatic carbocycles. The third kappa shape index (κ3) is 3.58. The molecular weight excluding hydrogens is 317 g/mol. The molecule has 0 atom stereocenters. The van der Waals surface area contributed by atoms with Gasteiger partial charge in [0.05, 0.1) is 26.2 Å². The van der Waals surface area contributed by atoms with Gasteiger partial charge in [0.2, 0.25) is 0 Å². The summed E-state index contributed by atoms with van der Waals surface area (Å²) in [4.78, 5) is 0. The van der Waals surface area contributed by atoms with Gasteiger partial charge < -0.3 is 4.74 Å². The molecule has 0 aliphatic carbocycles. The van der Waals surface area contributed by atoms with Crippen molar-refractivity contribution in [2.24, 2.45) is 0 Å². The maximum absolute atomic E-state index is 6.13. The summed E-state index contributed by atoms with van der Waals surface area (Å²) in [6, 6.07) is 10.6. The Bertz CT molecular complexity index is 636. The zero-order chi connectivity index (χ0) is 14.9. The molecule has 0 aliphatic rings. The molecule has 5 heteroatoms. The van der Waals surface area contributed by atoms with E-state index >= 15 is 0 Å². The highest BCUT2D eigenvalue weighted by molar-refractivity contribution is 6.34. The van der Waals surface area contributed by atoms with Crippen LogP contribution in [0, 0.1) is 0 Å². The maximum atomic E-state index is 6.13. The van der Waals surface area contributed by atoms with E-state index in [1.54, 1.807) is 24.3 Å². The number of ether oxygens (including phenoxy) is 1. The lowest BCUT2D eigenvalue weighted by Crippen LogP contribution is -2.35. The first kappa shape index (κ1) is 15.5. The van der Waals surface area contributed by atoms with Crippen LogP contribution in [0.25, 0.3) is 0 Å². The molecule has 0 aliphatic heterocycles. The fourth-order valence-corrected chi connectivity index (χ4v) is 2.26. The van der Waals surface area contributed by atoms with E-state index in [0.717, 1.165) is 5.69 Å². The Balaban J connectivity index is 2.46. The Hall–Kier alpha value is -0.930. The van der Waals surface area contributed by atoms with Gasteiger partial charge >= 0.3 is 0 Å². The molecule has 2 rings (SSSR count). The molecule has 0 bridgehead atoms. The van der Waals surface area contributed by atoms with Crippen molar-refractivity contribution >= 4 is 40.5 Å². The third-order valence-corrected chi connectivity index (χ3v) is 3.54. The number of halogens is 3. The van der Waals surface area contributed by atoms with Gasteiger partial charge in [0.25, 0.3) is 0 Å². The van der Waals surface area contributed by atoms with Crippen molar-refractivity contribution in [2.75, 3.05) is 21.1 Å². The second kappa shape index (κ2) is 5.82. The fraction of sp³-hybridized carbons (Fsp3) is 0.200. The minimum Gasteiger partial charge on any atom is -0.449 e. The largest absolute Gasteiger partial charge is 0.449 e. The molecule has 0 saturated heterocycles. The van der Waals surface area contributed by atoms with Crippen LogP contribution in [0.4, 0.5) is 5.69 Å². The predicted octanol–water partition coefficient (Wildman–Crippen LogP) is 5.64. The molecule has 2 nitrogen and oxygen atoms in total. The number of hydrogen-bond donors (Lipinski definition) is 0. The van der Waals surface area contributed by atoms with Gasteiger partial charge in [0, 0.05) is 22.2 Å². The van der Waals surface area contributed by atoms with Crippen LogP contribution in [-0.2, 0) is 0 Å². The van der Waals surface area contributed by atoms with Crippen LogP contribution in [0.3, 0.4) is 0 Å². The summed E-state index contributed by atoms with van der Waals surface area (Å²) < 4.78 is 6.49. The highest BCUT2D eigenvalue weighted by atomic mass is 35.5. The van der Waals surface area contributed by atoms with Crippen molar-refractivity contribution in [2.45, 2.75) is 0 Å². The van der Waals surface area contributed by atoms with Crippen molar-refractivity contribution in [3.05, 3.63) is 51.5 Å². The SMILES string of the molecule is C[N+](C)(C)c1cc(Cl)ccc1Oc1cc(Cl)ccc1Cl. The number of benzene rings is 2. The zero-order valence-corrected chi connectivity index (χ0v) is 13.7. The first-order valence-electron chi connectivity index (χ1n) is 6.02. The van der Waals surface area contributed by atoms with Crippen molar-refractivity contribution < 1.29 is 4.74 Å². The normalized spacial score (nSPS) is 11.5. The molecule has 0 saturated carbocycles. The van der Waals surface area contributed by atoms with E-state index < -0.39 is 0 Å². The molecule has 0 radical (unpaired) electrons. The van der Waals surface area contributed by atoms with Crippen LogP contribution in [0.5, 0.6) is 11.5 Å². The minimum atomic E-state index is 0.511. The van der Waals surface area contributed by atoms with Crippen LogP contribution < -0.4 is 9.22 Å². The van der Waals surface area contributed by atoms with Crippen LogP contribution in [-0.4, -0.2) is 21.1 Å². The van der Waals surface area contributed by atoms with Gasteiger partial charge in [-0.3, -0.25) is 4.48 Å². The minimum absolute atomic E-state index is 0.511. The molecule has 0 amide bonds. The first-order chi connectivity index (χ1) is 9.27. The van der Waals surface area contributed by atoms with Gasteiger partial charge in [-0.15, -0.1) is 0 Å². The summed E-state index contributed by atoms with van der Waals surface area (Å²) in [5.74, 6) is 1.22. The summed E-state index contributed by atoms with van der Waals surface area (Å²) >= 11 is 18.2. The van der Waals surface area contributed by atoms with E-state index in [1.165, 1.54) is 0 Å². The lowest BCUT2D eigenvalue weighted by atomic mass is 10.2. The standard InChI is InChI=1S/C15H15Cl3NO/c1-19(2,3)13-8-10(16)5-7-14(13)20-15-9-11(17)4-6-12(15)18/h4-9H,1-3H3/q+1. The lowest BCUT2D eigenvalue weighted by Gasteiger charge is -2.25. The van der Waals surface area contributed by atoms with Gasteiger partial charge in [-0.25, -0.2) is 0 Å². The second-order valence-corrected chi connectivity index (χ2v) is 6.58. The highest BCUT2D eigenvalue weighted by Crippen LogP contribution is 2.39. The Morgan fingerprint density at radius 2 is 1.40 bits per heavy atom. The molecule has 0 aromatic heterocycles. The maximum Gasteiger partial charge on any atom is 0.188 e. The summed E-state index contributed by atoms with van der Waals surface area (Å²) in [5.41, 5.74) is 0.952. The Morgan fingerprint density at radius 3 is 2.05 bits per heavy atom. The topological polar surface area (TPSA) is 9.23 Å². The molecule has 106 valence electrons. The number of rotatable bonds is 3. The molecule has 0 heterocycles. The van der Waals surface area contributed by atoms with Crippen molar-refractivity contribution in [3.8, 4) is 11.5 Å². The van der Waals surface area contributed by atoms with Gasteiger partial charge in [0.1, 0.15) is 5.75 Å². The predicted molar refractivity (Wildman–Crippen MR) is 87.6 cm³/mol. The summed E-state index contributed by atoms with van der Waals surface area (Å²) in [6.07, 6.45) is 0. The van der Waals surface area contributed by atoms with E-state index in [4.69, 9.17) is 39.5 Å². The number of quaternary nitrogens is 1. The van der Waals surface area contributed by atoms with Crippen molar-refractivity contribution in [1.29, 1.82) is 0 Å². The molecule has 20 heavy (non-hydrogen) atoms.